The summed E-state index contributed by atoms with van der Waals surface area (Å²) < 4.78 is 40.5. The third kappa shape index (κ3) is 8.96. The van der Waals surface area contributed by atoms with E-state index in [1.165, 1.54) is 0 Å². The van der Waals surface area contributed by atoms with E-state index < -0.39 is 94.1 Å². The molecule has 4 saturated heterocycles. The number of alkyl carbamates (subject to hydrolysis) is 1. The number of rotatable bonds is 14. The molecule has 4 N–H and O–H groups in total. The van der Waals surface area contributed by atoms with Crippen molar-refractivity contribution < 1.29 is 58.1 Å². The topological polar surface area (TPSA) is 179 Å². The third-order valence-corrected chi connectivity index (χ3v) is 17.7. The number of carboxylic acids is 1. The van der Waals surface area contributed by atoms with Gasteiger partial charge in [-0.1, -0.05) is 91.3 Å². The Kier molecular flexibility index (Phi) is 14.5. The summed E-state index contributed by atoms with van der Waals surface area (Å²) in [6, 6.07) is 6.37. The van der Waals surface area contributed by atoms with Crippen molar-refractivity contribution in [3.05, 3.63) is 47.0 Å². The van der Waals surface area contributed by atoms with Crippen LogP contribution < -0.4 is 5.32 Å². The highest BCUT2D eigenvalue weighted by atomic mass is 35.5. The van der Waals surface area contributed by atoms with E-state index >= 15 is 0 Å². The second-order valence-corrected chi connectivity index (χ2v) is 21.7. The fourth-order valence-electron chi connectivity index (χ4n) is 12.7. The van der Waals surface area contributed by atoms with Crippen molar-refractivity contribution in [3.63, 3.8) is 0 Å². The second-order valence-electron chi connectivity index (χ2n) is 21.3. The van der Waals surface area contributed by atoms with Crippen molar-refractivity contribution in [2.24, 2.45) is 40.9 Å². The summed E-state index contributed by atoms with van der Waals surface area (Å²) >= 11 is 6.37. The summed E-state index contributed by atoms with van der Waals surface area (Å²) in [7, 11) is 0. The third-order valence-electron chi connectivity index (χ3n) is 17.3. The lowest BCUT2D eigenvalue weighted by Crippen LogP contribution is -2.65. The lowest BCUT2D eigenvalue weighted by Gasteiger charge is -2.55. The lowest BCUT2D eigenvalue weighted by molar-refractivity contribution is -0.398. The number of nitrogens with one attached hydrogen (secondary N) is 1. The highest BCUT2D eigenvalue weighted by Crippen LogP contribution is 2.68. The summed E-state index contributed by atoms with van der Waals surface area (Å²) in [5.74, 6) is -5.85. The lowest BCUT2D eigenvalue weighted by atomic mass is 9.72. The number of amides is 1. The van der Waals surface area contributed by atoms with Crippen LogP contribution in [0.4, 0.5) is 4.79 Å². The van der Waals surface area contributed by atoms with E-state index in [1.807, 2.05) is 65.8 Å². The first-order valence-electron chi connectivity index (χ1n) is 24.5. The summed E-state index contributed by atoms with van der Waals surface area (Å²) in [4.78, 5) is 40.6. The first kappa shape index (κ1) is 50.3. The number of carbonyl (C=O) groups is 3. The number of Topliss-reactive ketones (excluding diaryl/α,β-unsaturated/α-hetero) is 1. The van der Waals surface area contributed by atoms with Gasteiger partial charge in [-0.25, -0.2) is 4.79 Å². The van der Waals surface area contributed by atoms with Crippen LogP contribution in [0.5, 0.6) is 0 Å². The van der Waals surface area contributed by atoms with Crippen LogP contribution in [0.2, 0.25) is 5.02 Å². The predicted octanol–water partition coefficient (Wildman–Crippen LogP) is 8.92. The fraction of sp³-hybridized carbons (Fsp3) is 0.784. The van der Waals surface area contributed by atoms with E-state index in [1.54, 1.807) is 19.1 Å². The molecule has 5 fully saturated rings. The van der Waals surface area contributed by atoms with Gasteiger partial charge in [-0.05, 0) is 102 Å². The van der Waals surface area contributed by atoms with Crippen LogP contribution in [0.3, 0.4) is 0 Å². The molecule has 0 bridgehead atoms. The van der Waals surface area contributed by atoms with Crippen LogP contribution >= 0.6 is 11.6 Å². The fourth-order valence-corrected chi connectivity index (χ4v) is 12.9. The molecule has 18 atom stereocenters. The minimum absolute atomic E-state index is 0.0392. The molecule has 0 aromatic heterocycles. The first-order valence-corrected chi connectivity index (χ1v) is 24.9. The van der Waals surface area contributed by atoms with Gasteiger partial charge in [-0.15, -0.1) is 0 Å². The average molecular weight is 931 g/mol. The maximum Gasteiger partial charge on any atom is 0.408 e. The molecular weight excluding hydrogens is 854 g/mol. The van der Waals surface area contributed by atoms with Gasteiger partial charge < -0.3 is 49.1 Å². The molecule has 1 aromatic carbocycles. The largest absolute Gasteiger partial charge is 0.481 e. The highest BCUT2D eigenvalue weighted by molar-refractivity contribution is 6.31. The van der Waals surface area contributed by atoms with Crippen LogP contribution in [0.25, 0.3) is 0 Å². The Morgan fingerprint density at radius 2 is 1.65 bits per heavy atom. The predicted molar refractivity (Wildman–Crippen MR) is 244 cm³/mol. The summed E-state index contributed by atoms with van der Waals surface area (Å²) in [6.45, 7) is 19.7. The Balaban J connectivity index is 1.13. The van der Waals surface area contributed by atoms with Crippen molar-refractivity contribution in [3.8, 4) is 0 Å². The minimum Gasteiger partial charge on any atom is -0.481 e. The van der Waals surface area contributed by atoms with E-state index in [-0.39, 0.29) is 36.2 Å². The van der Waals surface area contributed by atoms with Crippen LogP contribution in [0.15, 0.2) is 36.4 Å². The van der Waals surface area contributed by atoms with Crippen molar-refractivity contribution in [1.82, 2.24) is 5.32 Å². The van der Waals surface area contributed by atoms with Gasteiger partial charge in [0.1, 0.15) is 18.4 Å². The molecule has 0 radical (unpaired) electrons. The number of carboxylic acid groups (broad SMARTS) is 1. The number of halogens is 1. The summed E-state index contributed by atoms with van der Waals surface area (Å²) in [5.41, 5.74) is -2.57. The molecule has 5 aliphatic heterocycles. The number of ketones is 1. The van der Waals surface area contributed by atoms with Gasteiger partial charge in [0.25, 0.3) is 0 Å². The standard InChI is InChI=1S/C51H76ClNO12/c1-11-35(44(56)57)38-19-18-30(5)49(62-38)28-46(49,9)43(55)32(7)41(54)36(12-2)42-29(4)26-31(6)50(63-42)23-20-39(53-45(58)60-27-34-16-14-15-17-37(34)52)51(65-50)25-24-47(10,64-51)40-21-22-48(59,13-3)33(8)61-40/h14-17,20,23,29-33,35-36,38-40,42-43,55,59H,11-13,18-19,21-22,24-28H2,1-10H3,(H,53,58)(H,56,57)/t29-,30-,31+,32+,33-,35+,36-,38+,39+,40+,42-,43+,46?,47-,48+,49+,50-,51-/m0/s1. The highest BCUT2D eigenvalue weighted by Gasteiger charge is 2.74. The van der Waals surface area contributed by atoms with Gasteiger partial charge >= 0.3 is 12.1 Å². The molecule has 6 aliphatic rings. The number of benzene rings is 1. The molecule has 1 amide bonds. The first-order chi connectivity index (χ1) is 30.6. The maximum atomic E-state index is 14.9. The SMILES string of the molecule is CC[C@@H](C(=O)[C@@H](C)[C@@H](O)C1(C)C[C@]12O[C@@H]([C@@H](CC)C(=O)O)CC[C@@H]2C)[C@H]1O[C@]2(C=C[C@@H](NC(=O)OCc3ccccc3Cl)[C@]3(CC[C@@](C)([C@H]4CC[C@](O)(CC)[C@H](C)O4)O3)O2)[C@H](C)C[C@@H]1C. The van der Waals surface area contributed by atoms with Crippen molar-refractivity contribution >= 4 is 29.4 Å². The molecule has 7 rings (SSSR count). The molecule has 1 saturated carbocycles. The Labute approximate surface area is 391 Å². The summed E-state index contributed by atoms with van der Waals surface area (Å²) in [6.07, 6.45) is 6.37. The van der Waals surface area contributed by atoms with Gasteiger partial charge in [-0.3, -0.25) is 9.59 Å². The summed E-state index contributed by atoms with van der Waals surface area (Å²) in [5, 5.41) is 36.9. The number of aliphatic carboxylic acids is 1. The quantitative estimate of drug-likeness (QED) is 0.130. The van der Waals surface area contributed by atoms with Crippen molar-refractivity contribution in [2.45, 2.75) is 211 Å². The number of ether oxygens (including phenoxy) is 6. The Morgan fingerprint density at radius 1 is 0.938 bits per heavy atom. The van der Waals surface area contributed by atoms with E-state index in [0.29, 0.717) is 74.8 Å². The number of hydrogen-bond donors (Lipinski definition) is 4. The van der Waals surface area contributed by atoms with E-state index in [2.05, 4.69) is 26.1 Å². The number of aliphatic hydroxyl groups excluding tert-OH is 1. The minimum atomic E-state index is -1.42. The van der Waals surface area contributed by atoms with Crippen LogP contribution in [-0.4, -0.2) is 98.1 Å². The van der Waals surface area contributed by atoms with Crippen molar-refractivity contribution in [1.29, 1.82) is 0 Å². The van der Waals surface area contributed by atoms with Crippen LogP contribution in [0.1, 0.15) is 145 Å². The molecule has 65 heavy (non-hydrogen) atoms. The van der Waals surface area contributed by atoms with Crippen molar-refractivity contribution in [2.75, 3.05) is 0 Å². The maximum absolute atomic E-state index is 14.9. The molecule has 1 aromatic rings. The van der Waals surface area contributed by atoms with E-state index in [4.69, 9.17) is 40.0 Å². The molecular formula is C51H76ClNO12. The zero-order chi connectivity index (χ0) is 47.5. The molecule has 13 nitrogen and oxygen atoms in total. The van der Waals surface area contributed by atoms with Gasteiger partial charge in [0.2, 0.25) is 0 Å². The van der Waals surface area contributed by atoms with E-state index in [0.717, 1.165) is 6.42 Å². The molecule has 14 heteroatoms. The Hall–Kier alpha value is -2.62. The van der Waals surface area contributed by atoms with Crippen LogP contribution in [-0.2, 0) is 44.6 Å². The smallest absolute Gasteiger partial charge is 0.408 e. The number of aliphatic hydroxyl groups is 2. The van der Waals surface area contributed by atoms with E-state index in [9.17, 15) is 29.7 Å². The zero-order valence-corrected chi connectivity index (χ0v) is 41.0. The monoisotopic (exact) mass is 930 g/mol. The Bertz CT molecular complexity index is 1950. The zero-order valence-electron chi connectivity index (χ0n) is 40.3. The molecule has 1 aliphatic carbocycles. The number of carbonyl (C=O) groups excluding carboxylic acids is 2. The molecule has 5 heterocycles. The van der Waals surface area contributed by atoms with Crippen LogP contribution in [0, 0.1) is 40.9 Å². The molecule has 1 unspecified atom stereocenters. The molecule has 364 valence electrons. The van der Waals surface area contributed by atoms with Gasteiger partial charge in [0.05, 0.1) is 53.2 Å². The normalized spacial score (nSPS) is 43.2. The van der Waals surface area contributed by atoms with Gasteiger partial charge in [0, 0.05) is 40.2 Å². The van der Waals surface area contributed by atoms with Gasteiger partial charge in [-0.2, -0.15) is 0 Å². The number of hydrogen-bond acceptors (Lipinski definition) is 11. The molecule has 3 spiro atoms. The second kappa shape index (κ2) is 18.7. The average Bonchev–Trinajstić information content (AvgIpc) is 3.73. The Morgan fingerprint density at radius 3 is 2.29 bits per heavy atom. The van der Waals surface area contributed by atoms with Gasteiger partial charge in [0.15, 0.2) is 11.6 Å².